The lowest BCUT2D eigenvalue weighted by Crippen LogP contribution is -3.04. The third-order valence-electron chi connectivity index (χ3n) is 2.92. The van der Waals surface area contributed by atoms with Crippen molar-refractivity contribution < 1.29 is 5.01 Å². The Morgan fingerprint density at radius 1 is 1.45 bits per heavy atom. The second kappa shape index (κ2) is 5.90. The molecule has 5 nitrogen and oxygen atoms in total. The first-order valence-corrected chi connectivity index (χ1v) is 8.08. The van der Waals surface area contributed by atoms with Crippen molar-refractivity contribution in [2.45, 2.75) is 6.54 Å². The number of fused-ring (bicyclic) bond motifs is 1. The van der Waals surface area contributed by atoms with Crippen LogP contribution < -0.4 is 10.3 Å². The molecule has 0 spiro atoms. The maximum absolute atomic E-state index is 4.57. The van der Waals surface area contributed by atoms with E-state index in [-0.39, 0.29) is 0 Å². The number of pyridine rings is 1. The molecule has 0 aliphatic carbocycles. The molecule has 3 rings (SSSR count). The van der Waals surface area contributed by atoms with E-state index in [1.165, 1.54) is 0 Å². The van der Waals surface area contributed by atoms with Gasteiger partial charge in [0.2, 0.25) is 5.82 Å². The summed E-state index contributed by atoms with van der Waals surface area (Å²) in [6.45, 7) is 0.714. The van der Waals surface area contributed by atoms with Crippen LogP contribution in [0.5, 0.6) is 0 Å². The minimum Gasteiger partial charge on any atom is -0.335 e. The molecule has 7 heteroatoms. The second-order valence-corrected chi connectivity index (χ2v) is 5.91. The van der Waals surface area contributed by atoms with Gasteiger partial charge < -0.3 is 5.32 Å². The van der Waals surface area contributed by atoms with Gasteiger partial charge >= 0.3 is 0 Å². The molecule has 1 unspecified atom stereocenters. The van der Waals surface area contributed by atoms with E-state index < -0.39 is 0 Å². The largest absolute Gasteiger partial charge is 0.335 e. The first-order chi connectivity index (χ1) is 9.78. The van der Waals surface area contributed by atoms with Crippen molar-refractivity contribution in [1.82, 2.24) is 10.3 Å². The van der Waals surface area contributed by atoms with Gasteiger partial charge in [-0.05, 0) is 33.8 Å². The summed E-state index contributed by atoms with van der Waals surface area (Å²) in [5.41, 5.74) is 1.13. The van der Waals surface area contributed by atoms with Gasteiger partial charge in [-0.25, -0.2) is 0 Å². The number of hydrogen-bond acceptors (Lipinski definition) is 5. The molecule has 0 saturated carbocycles. The van der Waals surface area contributed by atoms with Gasteiger partial charge in [-0.15, -0.1) is 16.8 Å². The first-order valence-electron chi connectivity index (χ1n) is 6.06. The molecule has 2 N–H and O–H groups in total. The van der Waals surface area contributed by atoms with E-state index in [0.717, 1.165) is 31.7 Å². The fraction of sp³-hybridized carbons (Fsp3) is 0.154. The Labute approximate surface area is 129 Å². The number of nitrogens with zero attached hydrogens (tertiary/aromatic N) is 3. The van der Waals surface area contributed by atoms with Gasteiger partial charge in [-0.1, -0.05) is 11.2 Å². The molecule has 0 amide bonds. The normalized spacial score (nSPS) is 20.6. The summed E-state index contributed by atoms with van der Waals surface area (Å²) in [6.07, 6.45) is 9.47. The lowest BCUT2D eigenvalue weighted by Gasteiger charge is -2.18. The van der Waals surface area contributed by atoms with Gasteiger partial charge in [-0.3, -0.25) is 4.98 Å². The number of thioether (sulfide) groups is 1. The zero-order valence-electron chi connectivity index (χ0n) is 10.8. The number of aromatic nitrogens is 1. The van der Waals surface area contributed by atoms with Gasteiger partial charge in [0, 0.05) is 18.9 Å². The lowest BCUT2D eigenvalue weighted by atomic mass is 10.3. The van der Waals surface area contributed by atoms with Crippen LogP contribution in [-0.2, 0) is 6.54 Å². The third-order valence-corrected chi connectivity index (χ3v) is 4.13. The van der Waals surface area contributed by atoms with E-state index in [1.807, 2.05) is 30.7 Å². The number of hydrogen-bond donors (Lipinski definition) is 2. The summed E-state index contributed by atoms with van der Waals surface area (Å²) in [7, 11) is 0. The predicted molar refractivity (Wildman–Crippen MR) is 85.5 cm³/mol. The molecular weight excluding hydrogens is 338 g/mol. The number of allylic oxidation sites excluding steroid dienone is 1. The maximum atomic E-state index is 4.57. The highest BCUT2D eigenvalue weighted by atomic mass is 79.9. The zero-order valence-corrected chi connectivity index (χ0v) is 13.2. The average molecular weight is 351 g/mol. The van der Waals surface area contributed by atoms with Crippen LogP contribution in [0.1, 0.15) is 5.56 Å². The standard InChI is InChI=1S/C13H12BrN5S/c1-20-12-5-11(16-7-9-3-2-4-15-6-9)19-13(18-12)10(14)8-17-19/h2-6,8,16H,7H2,1H3/p+1. The molecule has 0 radical (unpaired) electrons. The number of aliphatic imine (C=N–C) groups is 1. The summed E-state index contributed by atoms with van der Waals surface area (Å²) >= 11 is 5.11. The Hall–Kier alpha value is -1.44. The Bertz CT molecular complexity index is 635. The molecule has 1 aromatic rings. The fourth-order valence-electron chi connectivity index (χ4n) is 1.93. The molecule has 0 bridgehead atoms. The van der Waals surface area contributed by atoms with E-state index in [4.69, 9.17) is 0 Å². The monoisotopic (exact) mass is 350 g/mol. The predicted octanol–water partition coefficient (Wildman–Crippen LogP) is 1.24. The summed E-state index contributed by atoms with van der Waals surface area (Å²) in [6, 6.07) is 3.98. The van der Waals surface area contributed by atoms with Gasteiger partial charge in [0.05, 0.1) is 6.08 Å². The van der Waals surface area contributed by atoms with Crippen molar-refractivity contribution in [2.24, 2.45) is 10.1 Å². The highest BCUT2D eigenvalue weighted by Gasteiger charge is 2.32. The van der Waals surface area contributed by atoms with Gasteiger partial charge in [0.1, 0.15) is 15.7 Å². The minimum atomic E-state index is 0.714. The van der Waals surface area contributed by atoms with Crippen molar-refractivity contribution in [3.8, 4) is 0 Å². The average Bonchev–Trinajstić information content (AvgIpc) is 2.87. The highest BCUT2D eigenvalue weighted by molar-refractivity contribution is 9.12. The molecule has 0 aromatic carbocycles. The van der Waals surface area contributed by atoms with E-state index in [9.17, 15) is 0 Å². The lowest BCUT2D eigenvalue weighted by molar-refractivity contribution is -0.829. The fourth-order valence-corrected chi connectivity index (χ4v) is 2.73. The van der Waals surface area contributed by atoms with E-state index in [0.29, 0.717) is 6.54 Å². The molecule has 20 heavy (non-hydrogen) atoms. The van der Waals surface area contributed by atoms with Crippen molar-refractivity contribution >= 4 is 39.0 Å². The van der Waals surface area contributed by atoms with Crippen LogP contribution in [0, 0.1) is 0 Å². The molecule has 2 aliphatic rings. The second-order valence-electron chi connectivity index (χ2n) is 4.23. The quantitative estimate of drug-likeness (QED) is 0.862. The molecule has 102 valence electrons. The van der Waals surface area contributed by atoms with Crippen LogP contribution in [0.3, 0.4) is 0 Å². The van der Waals surface area contributed by atoms with E-state index in [2.05, 4.69) is 36.3 Å². The Balaban J connectivity index is 1.80. The first kappa shape index (κ1) is 13.5. The van der Waals surface area contributed by atoms with Crippen molar-refractivity contribution in [3.63, 3.8) is 0 Å². The number of nitrogens with one attached hydrogen (secondary N) is 2. The van der Waals surface area contributed by atoms with Gasteiger partial charge in [-0.2, -0.15) is 4.99 Å². The molecule has 1 aromatic heterocycles. The molecule has 0 saturated heterocycles. The Morgan fingerprint density at radius 3 is 3.10 bits per heavy atom. The minimum absolute atomic E-state index is 0.714. The van der Waals surface area contributed by atoms with Crippen LogP contribution in [0.15, 0.2) is 56.8 Å². The SMILES string of the molecule is CSC1=NC2=C(Br)C=N[NH+]2C(NCc2cccnc2)=C1. The summed E-state index contributed by atoms with van der Waals surface area (Å²) in [4.78, 5) is 8.69. The van der Waals surface area contributed by atoms with Gasteiger partial charge in [0.25, 0.3) is 5.82 Å². The van der Waals surface area contributed by atoms with Crippen LogP contribution in [0.4, 0.5) is 0 Å². The summed E-state index contributed by atoms with van der Waals surface area (Å²) in [5, 5.41) is 9.68. The summed E-state index contributed by atoms with van der Waals surface area (Å²) in [5.74, 6) is 1.89. The van der Waals surface area contributed by atoms with Crippen molar-refractivity contribution in [2.75, 3.05) is 6.26 Å². The molecule has 0 fully saturated rings. The van der Waals surface area contributed by atoms with Gasteiger partial charge in [0.15, 0.2) is 0 Å². The van der Waals surface area contributed by atoms with E-state index in [1.54, 1.807) is 24.2 Å². The zero-order chi connectivity index (χ0) is 13.9. The van der Waals surface area contributed by atoms with Crippen molar-refractivity contribution in [1.29, 1.82) is 0 Å². The molecular formula is C13H13BrN5S+. The van der Waals surface area contributed by atoms with Crippen LogP contribution in [-0.4, -0.2) is 22.5 Å². The van der Waals surface area contributed by atoms with Crippen LogP contribution in [0.25, 0.3) is 0 Å². The van der Waals surface area contributed by atoms with E-state index >= 15 is 0 Å². The number of halogens is 1. The smallest absolute Gasteiger partial charge is 0.276 e. The topological polar surface area (TPSA) is 54.1 Å². The van der Waals surface area contributed by atoms with Crippen LogP contribution in [0.2, 0.25) is 0 Å². The van der Waals surface area contributed by atoms with Crippen LogP contribution >= 0.6 is 27.7 Å². The molecule has 1 atom stereocenters. The highest BCUT2D eigenvalue weighted by Crippen LogP contribution is 2.16. The number of rotatable bonds is 3. The Morgan fingerprint density at radius 2 is 2.35 bits per heavy atom. The Kier molecular flexibility index (Phi) is 4.00. The number of quaternary nitrogens is 1. The maximum Gasteiger partial charge on any atom is 0.276 e. The summed E-state index contributed by atoms with van der Waals surface area (Å²) < 4.78 is 0.924. The third kappa shape index (κ3) is 2.70. The van der Waals surface area contributed by atoms with Crippen molar-refractivity contribution in [3.05, 3.63) is 52.3 Å². The molecule has 3 heterocycles. The molecule has 2 aliphatic heterocycles.